The average Bonchev–Trinajstić information content (AvgIpc) is 3.31. The van der Waals surface area contributed by atoms with E-state index in [9.17, 15) is 18.0 Å². The number of carbonyl (C=O) groups excluding carboxylic acids is 1. The third-order valence-electron chi connectivity index (χ3n) is 6.30. The van der Waals surface area contributed by atoms with Crippen LogP contribution in [0.1, 0.15) is 41.9 Å². The first kappa shape index (κ1) is 23.6. The largest absolute Gasteiger partial charge is 0.493 e. The molecule has 3 heterocycles. The van der Waals surface area contributed by atoms with Crippen molar-refractivity contribution in [3.63, 3.8) is 0 Å². The summed E-state index contributed by atoms with van der Waals surface area (Å²) in [5, 5.41) is 6.63. The fraction of sp³-hybridized carbons (Fsp3) is 0.333. The van der Waals surface area contributed by atoms with Gasteiger partial charge in [-0.1, -0.05) is 6.07 Å². The summed E-state index contributed by atoms with van der Waals surface area (Å²) in [5.74, 6) is -0.612. The van der Waals surface area contributed by atoms with Crippen molar-refractivity contribution in [2.75, 3.05) is 26.6 Å². The van der Waals surface area contributed by atoms with Crippen molar-refractivity contribution in [1.82, 2.24) is 19.7 Å². The molecule has 36 heavy (non-hydrogen) atoms. The summed E-state index contributed by atoms with van der Waals surface area (Å²) < 4.78 is 57.7. The number of fused-ring (bicyclic) bond motifs is 1. The lowest BCUT2D eigenvalue weighted by atomic mass is 9.78. The maximum atomic E-state index is 13.5. The molecule has 2 aromatic heterocycles. The summed E-state index contributed by atoms with van der Waals surface area (Å²) >= 11 is 0. The molecule has 9 nitrogen and oxygen atoms in total. The van der Waals surface area contributed by atoms with Gasteiger partial charge in [-0.2, -0.15) is 18.2 Å². The molecule has 0 spiro atoms. The molecule has 0 saturated heterocycles. The minimum atomic E-state index is -4.75. The zero-order valence-corrected chi connectivity index (χ0v) is 19.6. The van der Waals surface area contributed by atoms with Gasteiger partial charge >= 0.3 is 6.18 Å². The summed E-state index contributed by atoms with van der Waals surface area (Å²) in [6.07, 6.45) is -2.76. The molecular formula is C24H22F3N5O4. The zero-order valence-electron chi connectivity index (χ0n) is 19.6. The number of ketones is 1. The molecule has 12 heteroatoms. The van der Waals surface area contributed by atoms with E-state index < -0.39 is 18.0 Å². The van der Waals surface area contributed by atoms with Crippen molar-refractivity contribution in [3.05, 3.63) is 64.9 Å². The fourth-order valence-corrected chi connectivity index (χ4v) is 4.72. The Morgan fingerprint density at radius 1 is 1.06 bits per heavy atom. The van der Waals surface area contributed by atoms with Gasteiger partial charge in [0.1, 0.15) is 6.04 Å². The number of aromatic nitrogens is 4. The molecule has 2 atom stereocenters. The highest BCUT2D eigenvalue weighted by molar-refractivity contribution is 6.00. The van der Waals surface area contributed by atoms with Crippen molar-refractivity contribution < 1.29 is 32.2 Å². The molecule has 0 radical (unpaired) electrons. The van der Waals surface area contributed by atoms with E-state index in [1.807, 2.05) is 0 Å². The third kappa shape index (κ3) is 3.91. The van der Waals surface area contributed by atoms with E-state index in [1.165, 1.54) is 27.5 Å². The maximum Gasteiger partial charge on any atom is 0.453 e. The Morgan fingerprint density at radius 2 is 1.78 bits per heavy atom. The van der Waals surface area contributed by atoms with Crippen LogP contribution in [0.25, 0.3) is 0 Å². The van der Waals surface area contributed by atoms with Gasteiger partial charge < -0.3 is 19.5 Å². The van der Waals surface area contributed by atoms with E-state index in [0.29, 0.717) is 40.6 Å². The quantitative estimate of drug-likeness (QED) is 0.557. The number of methoxy groups -OCH3 is 3. The fourth-order valence-electron chi connectivity index (χ4n) is 4.72. The summed E-state index contributed by atoms with van der Waals surface area (Å²) in [6.45, 7) is 0. The summed E-state index contributed by atoms with van der Waals surface area (Å²) in [6, 6.07) is 7.65. The third-order valence-corrected chi connectivity index (χ3v) is 6.30. The number of rotatable bonds is 5. The van der Waals surface area contributed by atoms with E-state index in [2.05, 4.69) is 20.4 Å². The van der Waals surface area contributed by atoms with Crippen LogP contribution in [0.15, 0.2) is 47.8 Å². The molecule has 0 bridgehead atoms. The maximum absolute atomic E-state index is 13.5. The first-order valence-corrected chi connectivity index (χ1v) is 11.0. The van der Waals surface area contributed by atoms with Gasteiger partial charge in [-0.15, -0.1) is 5.10 Å². The highest BCUT2D eigenvalue weighted by atomic mass is 19.4. The standard InChI is InChI=1S/C24H22F3N5O4/c1-34-17-10-13(11-18(35-2)21(17)36-3)12-8-15-19(16(33)9-12)20(14-6-4-5-7-28-14)32-23(29-15)30-22(31-32)24(25,26)27/h4-7,10-12,20H,8-9H2,1-3H3,(H,29,30,31)/t12-,20-/m1/s1. The smallest absolute Gasteiger partial charge is 0.453 e. The monoisotopic (exact) mass is 501 g/mol. The Kier molecular flexibility index (Phi) is 5.81. The van der Waals surface area contributed by atoms with Gasteiger partial charge in [0, 0.05) is 23.9 Å². The normalized spacial score (nSPS) is 19.3. The second-order valence-corrected chi connectivity index (χ2v) is 8.36. The van der Waals surface area contributed by atoms with Gasteiger partial charge in [-0.05, 0) is 42.2 Å². The summed E-state index contributed by atoms with van der Waals surface area (Å²) in [7, 11) is 4.49. The van der Waals surface area contributed by atoms with Crippen LogP contribution in [0, 0.1) is 0 Å². The topological polar surface area (TPSA) is 100 Å². The first-order valence-electron chi connectivity index (χ1n) is 11.0. The van der Waals surface area contributed by atoms with Gasteiger partial charge in [0.15, 0.2) is 17.3 Å². The molecule has 1 aliphatic heterocycles. The van der Waals surface area contributed by atoms with Crippen molar-refractivity contribution >= 4 is 11.7 Å². The molecule has 0 saturated carbocycles. The van der Waals surface area contributed by atoms with E-state index in [4.69, 9.17) is 14.2 Å². The van der Waals surface area contributed by atoms with Crippen molar-refractivity contribution in [2.45, 2.75) is 31.0 Å². The van der Waals surface area contributed by atoms with Gasteiger partial charge in [-0.3, -0.25) is 9.78 Å². The van der Waals surface area contributed by atoms with Crippen LogP contribution >= 0.6 is 0 Å². The number of hydrogen-bond acceptors (Lipinski definition) is 8. The number of carbonyl (C=O) groups is 1. The van der Waals surface area contributed by atoms with Crippen LogP contribution in [-0.4, -0.2) is 46.9 Å². The number of nitrogens with zero attached hydrogens (tertiary/aromatic N) is 4. The molecule has 5 rings (SSSR count). The number of nitrogens with one attached hydrogen (secondary N) is 1. The minimum absolute atomic E-state index is 0.102. The second-order valence-electron chi connectivity index (χ2n) is 8.36. The number of halogens is 3. The van der Waals surface area contributed by atoms with Crippen molar-refractivity contribution in [1.29, 1.82) is 0 Å². The van der Waals surface area contributed by atoms with E-state index in [1.54, 1.807) is 30.3 Å². The Labute approximate surface area is 203 Å². The number of anilines is 1. The number of hydrogen-bond donors (Lipinski definition) is 1. The number of pyridine rings is 1. The number of Topliss-reactive ketones (excluding diaryl/α,β-unsaturated/α-hetero) is 1. The predicted octanol–water partition coefficient (Wildman–Crippen LogP) is 4.13. The number of allylic oxidation sites excluding steroid dienone is 2. The van der Waals surface area contributed by atoms with E-state index >= 15 is 0 Å². The average molecular weight is 501 g/mol. The van der Waals surface area contributed by atoms with Crippen molar-refractivity contribution in [2.24, 2.45) is 0 Å². The molecule has 0 fully saturated rings. The number of ether oxygens (including phenoxy) is 3. The molecule has 3 aromatic rings. The molecule has 2 aliphatic rings. The van der Waals surface area contributed by atoms with Gasteiger partial charge in [0.25, 0.3) is 5.82 Å². The number of alkyl halides is 3. The summed E-state index contributed by atoms with van der Waals surface area (Å²) in [5.41, 5.74) is 1.97. The Morgan fingerprint density at radius 3 is 2.36 bits per heavy atom. The van der Waals surface area contributed by atoms with Gasteiger partial charge in [0.2, 0.25) is 11.7 Å². The number of benzene rings is 1. The summed E-state index contributed by atoms with van der Waals surface area (Å²) in [4.78, 5) is 21.5. The van der Waals surface area contributed by atoms with Crippen LogP contribution in [0.5, 0.6) is 17.2 Å². The first-order chi connectivity index (χ1) is 17.2. The minimum Gasteiger partial charge on any atom is -0.493 e. The Hall–Kier alpha value is -4.09. The molecule has 1 aromatic carbocycles. The highest BCUT2D eigenvalue weighted by Gasteiger charge is 2.44. The lowest BCUT2D eigenvalue weighted by molar-refractivity contribution is -0.145. The zero-order chi connectivity index (χ0) is 25.6. The SMILES string of the molecule is COc1cc([C@H]2CC(=O)C3=C(C2)Nc2nc(C(F)(F)F)nn2[C@@H]3c2ccccn2)cc(OC)c1OC. The molecular weight excluding hydrogens is 479 g/mol. The Balaban J connectivity index is 1.60. The lowest BCUT2D eigenvalue weighted by Crippen LogP contribution is -2.34. The van der Waals surface area contributed by atoms with Crippen LogP contribution in [-0.2, 0) is 11.0 Å². The Bertz CT molecular complexity index is 1330. The lowest BCUT2D eigenvalue weighted by Gasteiger charge is -2.34. The molecule has 188 valence electrons. The van der Waals surface area contributed by atoms with E-state index in [0.717, 1.165) is 10.2 Å². The van der Waals surface area contributed by atoms with Crippen LogP contribution in [0.2, 0.25) is 0 Å². The predicted molar refractivity (Wildman–Crippen MR) is 121 cm³/mol. The van der Waals surface area contributed by atoms with E-state index in [-0.39, 0.29) is 24.1 Å². The molecule has 1 aliphatic carbocycles. The molecule has 0 unspecified atom stereocenters. The van der Waals surface area contributed by atoms with Gasteiger partial charge in [-0.25, -0.2) is 4.68 Å². The van der Waals surface area contributed by atoms with Crippen LogP contribution in [0.3, 0.4) is 0 Å². The second kappa shape index (κ2) is 8.85. The van der Waals surface area contributed by atoms with Crippen molar-refractivity contribution in [3.8, 4) is 17.2 Å². The van der Waals surface area contributed by atoms with Crippen LogP contribution < -0.4 is 19.5 Å². The highest BCUT2D eigenvalue weighted by Crippen LogP contribution is 2.47. The molecule has 1 N–H and O–H groups in total. The molecule has 0 amide bonds. The van der Waals surface area contributed by atoms with Crippen LogP contribution in [0.4, 0.5) is 19.1 Å². The van der Waals surface area contributed by atoms with Gasteiger partial charge in [0.05, 0.1) is 27.0 Å².